The van der Waals surface area contributed by atoms with E-state index < -0.39 is 6.10 Å². The molecule has 5 heteroatoms. The number of aromatic nitrogens is 1. The molecule has 0 spiro atoms. The molecule has 0 radical (unpaired) electrons. The number of oxazole rings is 1. The Kier molecular flexibility index (Phi) is 5.42. The van der Waals surface area contributed by atoms with Crippen molar-refractivity contribution in [3.05, 3.63) is 54.1 Å². The van der Waals surface area contributed by atoms with E-state index in [2.05, 4.69) is 17.1 Å². The molecule has 3 N–H and O–H groups in total. The molecule has 4 rings (SSSR count). The van der Waals surface area contributed by atoms with Crippen molar-refractivity contribution in [1.29, 1.82) is 0 Å². The van der Waals surface area contributed by atoms with E-state index in [0.717, 1.165) is 42.3 Å². The summed E-state index contributed by atoms with van der Waals surface area (Å²) >= 11 is 0. The van der Waals surface area contributed by atoms with Crippen molar-refractivity contribution in [2.24, 2.45) is 11.7 Å². The van der Waals surface area contributed by atoms with Crippen LogP contribution < -0.4 is 5.73 Å². The van der Waals surface area contributed by atoms with Gasteiger partial charge in [0.2, 0.25) is 5.89 Å². The molecule has 0 unspecified atom stereocenters. The SMILES string of the molecule is Cl.N[C@H]1CCC[C@@H](Cc2ccc(-c3nc4ccccc4o3)cc2)[C@H]1O. The summed E-state index contributed by atoms with van der Waals surface area (Å²) in [6, 6.07) is 16.0. The van der Waals surface area contributed by atoms with Gasteiger partial charge in [-0.05, 0) is 55.0 Å². The third kappa shape index (κ3) is 3.71. The van der Waals surface area contributed by atoms with Crippen LogP contribution in [0.25, 0.3) is 22.6 Å². The Balaban J connectivity index is 0.00000182. The van der Waals surface area contributed by atoms with Gasteiger partial charge in [0.25, 0.3) is 0 Å². The number of para-hydroxylation sites is 2. The summed E-state index contributed by atoms with van der Waals surface area (Å²) in [5, 5.41) is 10.3. The Labute approximate surface area is 153 Å². The predicted molar refractivity (Wildman–Crippen MR) is 102 cm³/mol. The molecule has 0 aliphatic heterocycles. The zero-order chi connectivity index (χ0) is 16.5. The molecule has 1 heterocycles. The largest absolute Gasteiger partial charge is 0.436 e. The molecular formula is C20H23ClN2O2. The minimum atomic E-state index is -0.393. The van der Waals surface area contributed by atoms with Crippen LogP contribution in [0.1, 0.15) is 24.8 Å². The molecule has 1 aliphatic carbocycles. The van der Waals surface area contributed by atoms with Crippen LogP contribution in [0.3, 0.4) is 0 Å². The Hall–Kier alpha value is -1.88. The maximum Gasteiger partial charge on any atom is 0.227 e. The number of fused-ring (bicyclic) bond motifs is 1. The first-order chi connectivity index (χ1) is 11.7. The maximum absolute atomic E-state index is 10.3. The minimum Gasteiger partial charge on any atom is -0.436 e. The number of halogens is 1. The van der Waals surface area contributed by atoms with Gasteiger partial charge in [-0.25, -0.2) is 4.98 Å². The zero-order valence-corrected chi connectivity index (χ0v) is 14.8. The molecule has 1 fully saturated rings. The average molecular weight is 359 g/mol. The van der Waals surface area contributed by atoms with Crippen molar-refractivity contribution in [3.8, 4) is 11.5 Å². The number of nitrogens with zero attached hydrogens (tertiary/aromatic N) is 1. The molecular weight excluding hydrogens is 336 g/mol. The van der Waals surface area contributed by atoms with E-state index in [1.807, 2.05) is 36.4 Å². The molecule has 0 bridgehead atoms. The van der Waals surface area contributed by atoms with Gasteiger partial charge in [0, 0.05) is 11.6 Å². The Bertz CT molecular complexity index is 798. The van der Waals surface area contributed by atoms with Crippen molar-refractivity contribution in [1.82, 2.24) is 4.98 Å². The lowest BCUT2D eigenvalue weighted by atomic mass is 9.80. The summed E-state index contributed by atoms with van der Waals surface area (Å²) in [4.78, 5) is 4.53. The fraction of sp³-hybridized carbons (Fsp3) is 0.350. The Morgan fingerprint density at radius 3 is 2.60 bits per heavy atom. The number of nitrogens with two attached hydrogens (primary N) is 1. The summed E-state index contributed by atoms with van der Waals surface area (Å²) in [5.74, 6) is 0.895. The van der Waals surface area contributed by atoms with Gasteiger partial charge >= 0.3 is 0 Å². The molecule has 0 saturated heterocycles. The molecule has 1 aromatic heterocycles. The fourth-order valence-corrected chi connectivity index (χ4v) is 3.61. The molecule has 1 aliphatic rings. The van der Waals surface area contributed by atoms with Gasteiger partial charge in [0.15, 0.2) is 5.58 Å². The topological polar surface area (TPSA) is 72.3 Å². The summed E-state index contributed by atoms with van der Waals surface area (Å²) in [7, 11) is 0. The summed E-state index contributed by atoms with van der Waals surface area (Å²) in [6.45, 7) is 0. The summed E-state index contributed by atoms with van der Waals surface area (Å²) < 4.78 is 5.81. The smallest absolute Gasteiger partial charge is 0.227 e. The number of rotatable bonds is 3. The van der Waals surface area contributed by atoms with Crippen molar-refractivity contribution < 1.29 is 9.52 Å². The fourth-order valence-electron chi connectivity index (χ4n) is 3.61. The monoisotopic (exact) mass is 358 g/mol. The van der Waals surface area contributed by atoms with E-state index in [4.69, 9.17) is 10.2 Å². The van der Waals surface area contributed by atoms with Crippen LogP contribution in [0.4, 0.5) is 0 Å². The van der Waals surface area contributed by atoms with Gasteiger partial charge in [0.05, 0.1) is 6.10 Å². The zero-order valence-electron chi connectivity index (χ0n) is 14.0. The third-order valence-electron chi connectivity index (χ3n) is 5.03. The third-order valence-corrected chi connectivity index (χ3v) is 5.03. The predicted octanol–water partition coefficient (Wildman–Crippen LogP) is 3.95. The van der Waals surface area contributed by atoms with Crippen LogP contribution in [0, 0.1) is 5.92 Å². The van der Waals surface area contributed by atoms with Crippen molar-refractivity contribution in [2.45, 2.75) is 37.8 Å². The minimum absolute atomic E-state index is 0. The molecule has 1 saturated carbocycles. The van der Waals surface area contributed by atoms with Gasteiger partial charge < -0.3 is 15.3 Å². The van der Waals surface area contributed by atoms with Gasteiger partial charge in [0.1, 0.15) is 5.52 Å². The van der Waals surface area contributed by atoms with Crippen LogP contribution >= 0.6 is 12.4 Å². The molecule has 4 nitrogen and oxygen atoms in total. The maximum atomic E-state index is 10.3. The molecule has 25 heavy (non-hydrogen) atoms. The van der Waals surface area contributed by atoms with E-state index >= 15 is 0 Å². The number of aliphatic hydroxyl groups excluding tert-OH is 1. The standard InChI is InChI=1S/C20H22N2O2.ClH/c21-16-5-3-4-15(19(16)23)12-13-8-10-14(11-9-13)20-22-17-6-1-2-7-18(17)24-20;/h1-2,6-11,15-16,19,23H,3-5,12,21H2;1H/t15-,16-,19+;/m0./s1. The molecule has 2 aromatic carbocycles. The van der Waals surface area contributed by atoms with Gasteiger partial charge in [-0.2, -0.15) is 0 Å². The first kappa shape index (κ1) is 17.9. The lowest BCUT2D eigenvalue weighted by Gasteiger charge is -2.32. The highest BCUT2D eigenvalue weighted by molar-refractivity contribution is 5.85. The van der Waals surface area contributed by atoms with E-state index in [0.29, 0.717) is 5.89 Å². The van der Waals surface area contributed by atoms with Crippen LogP contribution in [0.5, 0.6) is 0 Å². The summed E-state index contributed by atoms with van der Waals surface area (Å²) in [6.07, 6.45) is 3.54. The van der Waals surface area contributed by atoms with E-state index in [-0.39, 0.29) is 24.4 Å². The quantitative estimate of drug-likeness (QED) is 0.743. The second kappa shape index (κ2) is 7.56. The second-order valence-corrected chi connectivity index (χ2v) is 6.73. The highest BCUT2D eigenvalue weighted by atomic mass is 35.5. The van der Waals surface area contributed by atoms with E-state index in [9.17, 15) is 5.11 Å². The average Bonchev–Trinajstić information content (AvgIpc) is 3.04. The van der Waals surface area contributed by atoms with E-state index in [1.54, 1.807) is 0 Å². The van der Waals surface area contributed by atoms with Gasteiger partial charge in [-0.15, -0.1) is 12.4 Å². The Morgan fingerprint density at radius 2 is 1.84 bits per heavy atom. The van der Waals surface area contributed by atoms with Crippen molar-refractivity contribution >= 4 is 23.5 Å². The van der Waals surface area contributed by atoms with Crippen molar-refractivity contribution in [3.63, 3.8) is 0 Å². The Morgan fingerprint density at radius 1 is 1.08 bits per heavy atom. The first-order valence-corrected chi connectivity index (χ1v) is 8.59. The lowest BCUT2D eigenvalue weighted by molar-refractivity contribution is 0.0515. The van der Waals surface area contributed by atoms with Gasteiger partial charge in [-0.3, -0.25) is 0 Å². The first-order valence-electron chi connectivity index (χ1n) is 8.59. The number of benzene rings is 2. The lowest BCUT2D eigenvalue weighted by Crippen LogP contribution is -2.43. The van der Waals surface area contributed by atoms with E-state index in [1.165, 1.54) is 5.56 Å². The number of aliphatic hydroxyl groups is 1. The molecule has 3 aromatic rings. The van der Waals surface area contributed by atoms with Crippen LogP contribution in [0.15, 0.2) is 52.9 Å². The highest BCUT2D eigenvalue weighted by Gasteiger charge is 2.29. The number of hydrogen-bond acceptors (Lipinski definition) is 4. The molecule has 3 atom stereocenters. The van der Waals surface area contributed by atoms with Crippen LogP contribution in [-0.4, -0.2) is 22.2 Å². The normalized spacial score (nSPS) is 23.4. The molecule has 132 valence electrons. The van der Waals surface area contributed by atoms with Crippen LogP contribution in [0.2, 0.25) is 0 Å². The van der Waals surface area contributed by atoms with Crippen molar-refractivity contribution in [2.75, 3.05) is 0 Å². The number of hydrogen-bond donors (Lipinski definition) is 2. The van der Waals surface area contributed by atoms with Gasteiger partial charge in [-0.1, -0.05) is 30.7 Å². The molecule has 0 amide bonds. The highest BCUT2D eigenvalue weighted by Crippen LogP contribution is 2.28. The second-order valence-electron chi connectivity index (χ2n) is 6.73. The van der Waals surface area contributed by atoms with Crippen LogP contribution in [-0.2, 0) is 6.42 Å². The summed E-state index contributed by atoms with van der Waals surface area (Å²) in [5.41, 5.74) is 9.85.